The molecule has 3 heteroatoms. The fraction of sp³-hybridized carbons (Fsp3) is 0.538. The van der Waals surface area contributed by atoms with E-state index in [0.29, 0.717) is 13.0 Å². The van der Waals surface area contributed by atoms with Gasteiger partial charge in [0.25, 0.3) is 0 Å². The van der Waals surface area contributed by atoms with Gasteiger partial charge >= 0.3 is 0 Å². The van der Waals surface area contributed by atoms with Crippen LogP contribution in [0, 0.1) is 6.92 Å². The van der Waals surface area contributed by atoms with E-state index in [1.54, 1.807) is 21.1 Å². The highest BCUT2D eigenvalue weighted by Gasteiger charge is 2.24. The molecule has 1 unspecified atom stereocenters. The summed E-state index contributed by atoms with van der Waals surface area (Å²) >= 11 is 0. The zero-order valence-corrected chi connectivity index (χ0v) is 10.4. The standard InChI is InChI=1S/C13H20O3/c1-10-9-11(16-4)5-6-12(10)13(2,14)7-8-15-3/h5-6,9,14H,7-8H2,1-4H3. The summed E-state index contributed by atoms with van der Waals surface area (Å²) in [6.07, 6.45) is 0.580. The van der Waals surface area contributed by atoms with E-state index in [0.717, 1.165) is 16.9 Å². The molecule has 0 bridgehead atoms. The van der Waals surface area contributed by atoms with Crippen molar-refractivity contribution in [1.82, 2.24) is 0 Å². The molecule has 0 aliphatic carbocycles. The SMILES string of the molecule is COCCC(C)(O)c1ccc(OC)cc1C. The maximum absolute atomic E-state index is 10.3. The lowest BCUT2D eigenvalue weighted by Crippen LogP contribution is -2.24. The molecule has 0 amide bonds. The first-order valence-electron chi connectivity index (χ1n) is 5.37. The van der Waals surface area contributed by atoms with Gasteiger partial charge in [-0.2, -0.15) is 0 Å². The molecule has 0 fully saturated rings. The summed E-state index contributed by atoms with van der Waals surface area (Å²) in [5.74, 6) is 0.809. The number of hydrogen-bond donors (Lipinski definition) is 1. The maximum Gasteiger partial charge on any atom is 0.119 e. The molecule has 1 rings (SSSR count). The molecule has 0 aliphatic rings. The number of hydrogen-bond acceptors (Lipinski definition) is 3. The minimum Gasteiger partial charge on any atom is -0.497 e. The quantitative estimate of drug-likeness (QED) is 0.833. The average molecular weight is 224 g/mol. The summed E-state index contributed by atoms with van der Waals surface area (Å²) in [7, 11) is 3.27. The summed E-state index contributed by atoms with van der Waals surface area (Å²) in [6, 6.07) is 5.70. The topological polar surface area (TPSA) is 38.7 Å². The summed E-state index contributed by atoms with van der Waals surface area (Å²) in [6.45, 7) is 4.32. The smallest absolute Gasteiger partial charge is 0.119 e. The third kappa shape index (κ3) is 2.97. The Morgan fingerprint density at radius 3 is 2.50 bits per heavy atom. The third-order valence-corrected chi connectivity index (χ3v) is 2.81. The zero-order chi connectivity index (χ0) is 12.2. The first kappa shape index (κ1) is 13.0. The fourth-order valence-corrected chi connectivity index (χ4v) is 1.80. The van der Waals surface area contributed by atoms with Crippen LogP contribution in [0.25, 0.3) is 0 Å². The summed E-state index contributed by atoms with van der Waals surface area (Å²) in [5, 5.41) is 10.3. The Kier molecular flexibility index (Phi) is 4.33. The minimum atomic E-state index is -0.855. The van der Waals surface area contributed by atoms with E-state index in [-0.39, 0.29) is 0 Å². The molecule has 0 heterocycles. The highest BCUT2D eigenvalue weighted by atomic mass is 16.5. The molecule has 0 saturated heterocycles. The lowest BCUT2D eigenvalue weighted by molar-refractivity contribution is 0.0205. The van der Waals surface area contributed by atoms with Crippen molar-refractivity contribution >= 4 is 0 Å². The molecule has 1 atom stereocenters. The second-order valence-corrected chi connectivity index (χ2v) is 4.20. The number of methoxy groups -OCH3 is 2. The maximum atomic E-state index is 10.3. The van der Waals surface area contributed by atoms with Crippen LogP contribution in [0.15, 0.2) is 18.2 Å². The zero-order valence-electron chi connectivity index (χ0n) is 10.4. The van der Waals surface area contributed by atoms with E-state index in [2.05, 4.69) is 0 Å². The number of ether oxygens (including phenoxy) is 2. The van der Waals surface area contributed by atoms with Crippen LogP contribution in [-0.4, -0.2) is 25.9 Å². The molecule has 90 valence electrons. The number of rotatable bonds is 5. The minimum absolute atomic E-state index is 0.540. The van der Waals surface area contributed by atoms with Gasteiger partial charge in [0.1, 0.15) is 5.75 Å². The van der Waals surface area contributed by atoms with Crippen LogP contribution < -0.4 is 4.74 Å². The van der Waals surface area contributed by atoms with Crippen molar-refractivity contribution < 1.29 is 14.6 Å². The van der Waals surface area contributed by atoms with E-state index in [1.165, 1.54) is 0 Å². The van der Waals surface area contributed by atoms with Crippen molar-refractivity contribution in [3.63, 3.8) is 0 Å². The van der Waals surface area contributed by atoms with Crippen molar-refractivity contribution in [2.45, 2.75) is 25.9 Å². The van der Waals surface area contributed by atoms with Gasteiger partial charge in [-0.05, 0) is 37.1 Å². The van der Waals surface area contributed by atoms with Crippen molar-refractivity contribution in [1.29, 1.82) is 0 Å². The lowest BCUT2D eigenvalue weighted by Gasteiger charge is -2.25. The van der Waals surface area contributed by atoms with Crippen molar-refractivity contribution in [3.8, 4) is 5.75 Å². The normalized spacial score (nSPS) is 14.6. The molecule has 0 radical (unpaired) electrons. The van der Waals surface area contributed by atoms with Crippen molar-refractivity contribution in [2.24, 2.45) is 0 Å². The van der Waals surface area contributed by atoms with Gasteiger partial charge in [0.05, 0.1) is 12.7 Å². The predicted octanol–water partition coefficient (Wildman–Crippen LogP) is 2.25. The van der Waals surface area contributed by atoms with E-state index in [1.807, 2.05) is 25.1 Å². The number of aliphatic hydroxyl groups is 1. The molecule has 0 saturated carbocycles. The number of benzene rings is 1. The van der Waals surface area contributed by atoms with Crippen LogP contribution in [0.3, 0.4) is 0 Å². The van der Waals surface area contributed by atoms with Gasteiger partial charge in [0.15, 0.2) is 0 Å². The molecule has 1 N–H and O–H groups in total. The Balaban J connectivity index is 2.94. The van der Waals surface area contributed by atoms with Gasteiger partial charge in [0, 0.05) is 20.1 Å². The van der Waals surface area contributed by atoms with Gasteiger partial charge in [-0.1, -0.05) is 6.07 Å². The second-order valence-electron chi connectivity index (χ2n) is 4.20. The van der Waals surface area contributed by atoms with Crippen LogP contribution in [0.4, 0.5) is 0 Å². The summed E-state index contributed by atoms with van der Waals surface area (Å²) < 4.78 is 10.1. The molecule has 1 aromatic carbocycles. The summed E-state index contributed by atoms with van der Waals surface area (Å²) in [4.78, 5) is 0. The highest BCUT2D eigenvalue weighted by molar-refractivity contribution is 5.37. The van der Waals surface area contributed by atoms with Crippen LogP contribution in [0.2, 0.25) is 0 Å². The average Bonchev–Trinajstić information content (AvgIpc) is 2.25. The van der Waals surface area contributed by atoms with Gasteiger partial charge in [-0.3, -0.25) is 0 Å². The Morgan fingerprint density at radius 1 is 1.31 bits per heavy atom. The fourth-order valence-electron chi connectivity index (χ4n) is 1.80. The lowest BCUT2D eigenvalue weighted by atomic mass is 9.89. The van der Waals surface area contributed by atoms with Gasteiger partial charge in [-0.15, -0.1) is 0 Å². The van der Waals surface area contributed by atoms with Crippen LogP contribution in [0.5, 0.6) is 5.75 Å². The van der Waals surface area contributed by atoms with E-state index < -0.39 is 5.60 Å². The Morgan fingerprint density at radius 2 is 2.00 bits per heavy atom. The van der Waals surface area contributed by atoms with Gasteiger partial charge < -0.3 is 14.6 Å². The molecule has 16 heavy (non-hydrogen) atoms. The van der Waals surface area contributed by atoms with Gasteiger partial charge in [0.2, 0.25) is 0 Å². The van der Waals surface area contributed by atoms with Crippen LogP contribution in [-0.2, 0) is 10.3 Å². The van der Waals surface area contributed by atoms with E-state index >= 15 is 0 Å². The molecule has 3 nitrogen and oxygen atoms in total. The molecular weight excluding hydrogens is 204 g/mol. The molecule has 0 spiro atoms. The van der Waals surface area contributed by atoms with Crippen molar-refractivity contribution in [2.75, 3.05) is 20.8 Å². The van der Waals surface area contributed by atoms with Crippen LogP contribution in [0.1, 0.15) is 24.5 Å². The van der Waals surface area contributed by atoms with Gasteiger partial charge in [-0.25, -0.2) is 0 Å². The van der Waals surface area contributed by atoms with E-state index in [9.17, 15) is 5.11 Å². The number of aryl methyl sites for hydroxylation is 1. The van der Waals surface area contributed by atoms with E-state index in [4.69, 9.17) is 9.47 Å². The van der Waals surface area contributed by atoms with Crippen molar-refractivity contribution in [3.05, 3.63) is 29.3 Å². The Hall–Kier alpha value is -1.06. The third-order valence-electron chi connectivity index (χ3n) is 2.81. The molecule has 1 aromatic rings. The predicted molar refractivity (Wildman–Crippen MR) is 63.8 cm³/mol. The molecule has 0 aromatic heterocycles. The van der Waals surface area contributed by atoms with Crippen LogP contribution >= 0.6 is 0 Å². The summed E-state index contributed by atoms with van der Waals surface area (Å²) in [5.41, 5.74) is 1.10. The molecular formula is C13H20O3. The largest absolute Gasteiger partial charge is 0.497 e. The Bertz CT molecular complexity index is 345. The second kappa shape index (κ2) is 5.32. The monoisotopic (exact) mass is 224 g/mol. The highest BCUT2D eigenvalue weighted by Crippen LogP contribution is 2.29. The first-order valence-corrected chi connectivity index (χ1v) is 5.37. The first-order chi connectivity index (χ1) is 7.51. The molecule has 0 aliphatic heterocycles. The Labute approximate surface area is 97.0 Å².